The third-order valence-electron chi connectivity index (χ3n) is 5.20. The molecule has 1 amide bonds. The van der Waals surface area contributed by atoms with Gasteiger partial charge in [0.05, 0.1) is 11.6 Å². The van der Waals surface area contributed by atoms with Crippen molar-refractivity contribution in [1.29, 1.82) is 0 Å². The third kappa shape index (κ3) is 3.33. The zero-order chi connectivity index (χ0) is 18.3. The van der Waals surface area contributed by atoms with Crippen molar-refractivity contribution in [3.63, 3.8) is 0 Å². The maximum Gasteiger partial charge on any atom is 0.411 e. The lowest BCUT2D eigenvalue weighted by atomic mass is 9.83. The minimum absolute atomic E-state index is 0.124. The molecule has 1 aromatic heterocycles. The van der Waals surface area contributed by atoms with Crippen molar-refractivity contribution >= 4 is 22.6 Å². The summed E-state index contributed by atoms with van der Waals surface area (Å²) in [6.07, 6.45) is 8.11. The van der Waals surface area contributed by atoms with Crippen molar-refractivity contribution < 1.29 is 9.53 Å². The highest BCUT2D eigenvalue weighted by molar-refractivity contribution is 5.83. The number of benzene rings is 1. The summed E-state index contributed by atoms with van der Waals surface area (Å²) in [6, 6.07) is 10.7. The lowest BCUT2D eigenvalue weighted by Crippen LogP contribution is -2.53. The first-order valence-corrected chi connectivity index (χ1v) is 9.48. The van der Waals surface area contributed by atoms with Gasteiger partial charge < -0.3 is 4.74 Å². The number of hydrogen-bond donors (Lipinski definition) is 0. The smallest absolute Gasteiger partial charge is 0.411 e. The summed E-state index contributed by atoms with van der Waals surface area (Å²) in [7, 11) is 0. The van der Waals surface area contributed by atoms with Gasteiger partial charge in [0, 0.05) is 17.6 Å². The Kier molecular flexibility index (Phi) is 4.22. The number of aromatic nitrogens is 1. The van der Waals surface area contributed by atoms with E-state index in [4.69, 9.17) is 4.74 Å². The van der Waals surface area contributed by atoms with Gasteiger partial charge in [0.1, 0.15) is 5.60 Å². The average molecular weight is 350 g/mol. The van der Waals surface area contributed by atoms with E-state index in [0.717, 1.165) is 36.6 Å². The predicted octanol–water partition coefficient (Wildman–Crippen LogP) is 5.18. The van der Waals surface area contributed by atoms with Gasteiger partial charge in [-0.25, -0.2) is 4.79 Å². The Morgan fingerprint density at radius 2 is 2.04 bits per heavy atom. The minimum atomic E-state index is -0.461. The van der Waals surface area contributed by atoms with Crippen molar-refractivity contribution in [3.8, 4) is 0 Å². The topological polar surface area (TPSA) is 42.4 Å². The number of carbonyl (C=O) groups excluding carboxylic acids is 1. The van der Waals surface area contributed by atoms with Crippen LogP contribution in [0.3, 0.4) is 0 Å². The van der Waals surface area contributed by atoms with Crippen molar-refractivity contribution in [2.24, 2.45) is 0 Å². The van der Waals surface area contributed by atoms with Gasteiger partial charge in [0.2, 0.25) is 0 Å². The van der Waals surface area contributed by atoms with E-state index in [1.165, 1.54) is 11.1 Å². The van der Waals surface area contributed by atoms with E-state index < -0.39 is 5.60 Å². The molecule has 4 heteroatoms. The van der Waals surface area contributed by atoms with E-state index in [9.17, 15) is 4.79 Å². The third-order valence-corrected chi connectivity index (χ3v) is 5.20. The predicted molar refractivity (Wildman–Crippen MR) is 104 cm³/mol. The molecule has 0 saturated carbocycles. The van der Waals surface area contributed by atoms with Crippen molar-refractivity contribution in [3.05, 3.63) is 48.2 Å². The zero-order valence-corrected chi connectivity index (χ0v) is 15.7. The molecule has 1 aromatic carbocycles. The lowest BCUT2D eigenvalue weighted by molar-refractivity contribution is 0.0000854. The van der Waals surface area contributed by atoms with Crippen LogP contribution in [0.5, 0.6) is 0 Å². The SMILES string of the molecule is CC(C)(C)OC(=O)N1C2C=C(c3cnc4ccccc4c3)CC1CCC2. The van der Waals surface area contributed by atoms with Crippen LogP contribution in [-0.4, -0.2) is 33.7 Å². The van der Waals surface area contributed by atoms with E-state index in [2.05, 4.69) is 23.2 Å². The first kappa shape index (κ1) is 17.1. The van der Waals surface area contributed by atoms with Crippen LogP contribution in [0.4, 0.5) is 4.79 Å². The fraction of sp³-hybridized carbons (Fsp3) is 0.455. The fourth-order valence-electron chi connectivity index (χ4n) is 4.09. The Labute approximate surface area is 154 Å². The molecule has 4 nitrogen and oxygen atoms in total. The summed E-state index contributed by atoms with van der Waals surface area (Å²) < 4.78 is 5.66. The van der Waals surface area contributed by atoms with Gasteiger partial charge in [0.25, 0.3) is 0 Å². The Morgan fingerprint density at radius 1 is 1.23 bits per heavy atom. The second-order valence-electron chi connectivity index (χ2n) is 8.35. The van der Waals surface area contributed by atoms with Gasteiger partial charge in [-0.1, -0.05) is 24.3 Å². The number of pyridine rings is 1. The van der Waals surface area contributed by atoms with E-state index in [1.54, 1.807) is 0 Å². The maximum atomic E-state index is 12.7. The monoisotopic (exact) mass is 350 g/mol. The molecule has 2 aliphatic rings. The number of piperidine rings is 1. The van der Waals surface area contributed by atoms with Gasteiger partial charge in [-0.05, 0) is 69.7 Å². The number of para-hydroxylation sites is 1. The number of amides is 1. The molecule has 2 bridgehead atoms. The Hall–Kier alpha value is -2.36. The van der Waals surface area contributed by atoms with E-state index in [1.807, 2.05) is 50.1 Å². The van der Waals surface area contributed by atoms with E-state index in [-0.39, 0.29) is 18.2 Å². The lowest BCUT2D eigenvalue weighted by Gasteiger charge is -2.45. The Bertz CT molecular complexity index is 866. The molecule has 0 radical (unpaired) electrons. The summed E-state index contributed by atoms with van der Waals surface area (Å²) >= 11 is 0. The summed E-state index contributed by atoms with van der Waals surface area (Å²) in [5, 5.41) is 1.16. The van der Waals surface area contributed by atoms with Crippen LogP contribution < -0.4 is 0 Å². The molecule has 3 heterocycles. The molecule has 0 N–H and O–H groups in total. The van der Waals surface area contributed by atoms with Crippen LogP contribution in [0.25, 0.3) is 16.5 Å². The maximum absolute atomic E-state index is 12.7. The normalized spacial score (nSPS) is 22.9. The van der Waals surface area contributed by atoms with E-state index in [0.29, 0.717) is 0 Å². The van der Waals surface area contributed by atoms with Gasteiger partial charge in [-0.15, -0.1) is 0 Å². The second kappa shape index (κ2) is 6.42. The molecule has 0 aliphatic carbocycles. The largest absolute Gasteiger partial charge is 0.444 e. The molecule has 26 heavy (non-hydrogen) atoms. The molecule has 1 fully saturated rings. The number of fused-ring (bicyclic) bond motifs is 3. The molecule has 2 atom stereocenters. The number of hydrogen-bond acceptors (Lipinski definition) is 3. The summed E-state index contributed by atoms with van der Waals surface area (Å²) in [4.78, 5) is 19.3. The minimum Gasteiger partial charge on any atom is -0.444 e. The number of carbonyl (C=O) groups is 1. The summed E-state index contributed by atoms with van der Waals surface area (Å²) in [6.45, 7) is 5.77. The summed E-state index contributed by atoms with van der Waals surface area (Å²) in [5.41, 5.74) is 3.03. The first-order valence-electron chi connectivity index (χ1n) is 9.48. The highest BCUT2D eigenvalue weighted by Gasteiger charge is 2.39. The summed E-state index contributed by atoms with van der Waals surface area (Å²) in [5.74, 6) is 0. The van der Waals surface area contributed by atoms with Crippen molar-refractivity contribution in [2.45, 2.75) is 64.1 Å². The van der Waals surface area contributed by atoms with Crippen LogP contribution in [0.15, 0.2) is 42.6 Å². The number of nitrogens with zero attached hydrogens (tertiary/aromatic N) is 2. The quantitative estimate of drug-likeness (QED) is 0.711. The molecule has 2 aromatic rings. The van der Waals surface area contributed by atoms with Crippen LogP contribution in [0.2, 0.25) is 0 Å². The highest BCUT2D eigenvalue weighted by atomic mass is 16.6. The van der Waals surface area contributed by atoms with Crippen LogP contribution in [0.1, 0.15) is 52.0 Å². The van der Waals surface area contributed by atoms with Crippen molar-refractivity contribution in [1.82, 2.24) is 9.88 Å². The zero-order valence-electron chi connectivity index (χ0n) is 15.7. The van der Waals surface area contributed by atoms with Crippen molar-refractivity contribution in [2.75, 3.05) is 0 Å². The van der Waals surface area contributed by atoms with E-state index >= 15 is 0 Å². The molecular weight excluding hydrogens is 324 g/mol. The average Bonchev–Trinajstić information content (AvgIpc) is 2.58. The van der Waals surface area contributed by atoms with Crippen LogP contribution >= 0.6 is 0 Å². The molecule has 2 unspecified atom stereocenters. The van der Waals surface area contributed by atoms with Gasteiger partial charge in [0.15, 0.2) is 0 Å². The Balaban J connectivity index is 1.64. The van der Waals surface area contributed by atoms with Crippen LogP contribution in [-0.2, 0) is 4.74 Å². The Morgan fingerprint density at radius 3 is 2.81 bits per heavy atom. The van der Waals surface area contributed by atoms with Crippen LogP contribution in [0, 0.1) is 0 Å². The fourth-order valence-corrected chi connectivity index (χ4v) is 4.09. The molecule has 136 valence electrons. The standard InChI is InChI=1S/C22H26N2O2/c1-22(2,3)26-21(25)24-18-8-6-9-19(24)13-16(12-18)17-11-15-7-4-5-10-20(15)23-14-17/h4-5,7,10-12,14,18-19H,6,8-9,13H2,1-3H3. The molecule has 1 saturated heterocycles. The molecular formula is C22H26N2O2. The molecule has 2 aliphatic heterocycles. The first-order chi connectivity index (χ1) is 12.4. The van der Waals surface area contributed by atoms with Gasteiger partial charge in [-0.2, -0.15) is 0 Å². The van der Waals surface area contributed by atoms with Gasteiger partial charge >= 0.3 is 6.09 Å². The molecule has 4 rings (SSSR count). The number of ether oxygens (including phenoxy) is 1. The van der Waals surface area contributed by atoms with Gasteiger partial charge in [-0.3, -0.25) is 9.88 Å². The second-order valence-corrected chi connectivity index (χ2v) is 8.35. The molecule has 0 spiro atoms. The highest BCUT2D eigenvalue weighted by Crippen LogP contribution is 2.38. The number of rotatable bonds is 1.